The zero-order valence-corrected chi connectivity index (χ0v) is 9.76. The van der Waals surface area contributed by atoms with Crippen LogP contribution < -0.4 is 5.73 Å². The van der Waals surface area contributed by atoms with Crippen LogP contribution in [0.5, 0.6) is 0 Å². The molecule has 1 heterocycles. The molecule has 0 spiro atoms. The van der Waals surface area contributed by atoms with E-state index >= 15 is 0 Å². The average Bonchev–Trinajstić information content (AvgIpc) is 2.23. The molecule has 5 heteroatoms. The van der Waals surface area contributed by atoms with Crippen molar-refractivity contribution >= 4 is 9.84 Å². The van der Waals surface area contributed by atoms with Gasteiger partial charge in [0.1, 0.15) is 0 Å². The van der Waals surface area contributed by atoms with Crippen LogP contribution in [0.1, 0.15) is 27.2 Å². The molecular formula is C9H19NO3S. The number of hydrogen-bond acceptors (Lipinski definition) is 4. The molecule has 14 heavy (non-hydrogen) atoms. The SMILES string of the molecule is CC(N)(CO)C1CCS(=O)(=O)C1(C)C. The largest absolute Gasteiger partial charge is 0.394 e. The summed E-state index contributed by atoms with van der Waals surface area (Å²) in [7, 11) is -3.06. The van der Waals surface area contributed by atoms with Crippen molar-refractivity contribution in [2.24, 2.45) is 11.7 Å². The van der Waals surface area contributed by atoms with Gasteiger partial charge in [-0.25, -0.2) is 8.42 Å². The molecule has 0 bridgehead atoms. The Kier molecular flexibility index (Phi) is 2.71. The molecular weight excluding hydrogens is 202 g/mol. The van der Waals surface area contributed by atoms with E-state index in [-0.39, 0.29) is 18.3 Å². The minimum absolute atomic E-state index is 0.176. The molecule has 84 valence electrons. The lowest BCUT2D eigenvalue weighted by Gasteiger charge is -2.37. The van der Waals surface area contributed by atoms with Crippen LogP contribution >= 0.6 is 0 Å². The maximum absolute atomic E-state index is 11.7. The molecule has 0 aromatic carbocycles. The summed E-state index contributed by atoms with van der Waals surface area (Å²) in [4.78, 5) is 0. The van der Waals surface area contributed by atoms with Gasteiger partial charge in [-0.05, 0) is 33.1 Å². The van der Waals surface area contributed by atoms with Gasteiger partial charge < -0.3 is 10.8 Å². The summed E-state index contributed by atoms with van der Waals surface area (Å²) >= 11 is 0. The van der Waals surface area contributed by atoms with Gasteiger partial charge in [0.05, 0.1) is 17.1 Å². The van der Waals surface area contributed by atoms with Crippen molar-refractivity contribution in [1.82, 2.24) is 0 Å². The van der Waals surface area contributed by atoms with Gasteiger partial charge in [-0.3, -0.25) is 0 Å². The zero-order chi connectivity index (χ0) is 11.2. The lowest BCUT2D eigenvalue weighted by atomic mass is 9.77. The molecule has 1 fully saturated rings. The van der Waals surface area contributed by atoms with Gasteiger partial charge in [0.15, 0.2) is 9.84 Å². The van der Waals surface area contributed by atoms with Gasteiger partial charge in [0.2, 0.25) is 0 Å². The first-order chi connectivity index (χ1) is 6.15. The highest BCUT2D eigenvalue weighted by atomic mass is 32.2. The van der Waals surface area contributed by atoms with Crippen LogP contribution in [-0.4, -0.2) is 36.2 Å². The Morgan fingerprint density at radius 2 is 2.07 bits per heavy atom. The third kappa shape index (κ3) is 1.57. The van der Waals surface area contributed by atoms with Crippen LogP contribution in [0.4, 0.5) is 0 Å². The summed E-state index contributed by atoms with van der Waals surface area (Å²) in [6.45, 7) is 4.92. The number of sulfone groups is 1. The van der Waals surface area contributed by atoms with Crippen molar-refractivity contribution in [3.8, 4) is 0 Å². The van der Waals surface area contributed by atoms with Crippen molar-refractivity contribution in [1.29, 1.82) is 0 Å². The molecule has 0 radical (unpaired) electrons. The van der Waals surface area contributed by atoms with Crippen LogP contribution in [0, 0.1) is 5.92 Å². The first kappa shape index (κ1) is 11.9. The second-order valence-corrected chi connectivity index (χ2v) is 7.62. The quantitative estimate of drug-likeness (QED) is 0.683. The second-order valence-electron chi connectivity index (χ2n) is 4.93. The monoisotopic (exact) mass is 221 g/mol. The summed E-state index contributed by atoms with van der Waals surface area (Å²) in [5, 5.41) is 9.14. The van der Waals surface area contributed by atoms with Crippen LogP contribution in [0.25, 0.3) is 0 Å². The summed E-state index contributed by atoms with van der Waals surface area (Å²) in [5.74, 6) is 0.00211. The first-order valence-corrected chi connectivity index (χ1v) is 6.42. The highest BCUT2D eigenvalue weighted by Crippen LogP contribution is 2.42. The molecule has 0 aromatic rings. The lowest BCUT2D eigenvalue weighted by molar-refractivity contribution is 0.137. The van der Waals surface area contributed by atoms with E-state index in [0.29, 0.717) is 6.42 Å². The Labute approximate surface area is 85.4 Å². The van der Waals surface area contributed by atoms with Gasteiger partial charge in [-0.1, -0.05) is 0 Å². The molecule has 0 amide bonds. The van der Waals surface area contributed by atoms with E-state index in [1.165, 1.54) is 0 Å². The summed E-state index contributed by atoms with van der Waals surface area (Å²) < 4.78 is 22.6. The van der Waals surface area contributed by atoms with Crippen LogP contribution in [0.2, 0.25) is 0 Å². The van der Waals surface area contributed by atoms with Gasteiger partial charge in [-0.15, -0.1) is 0 Å². The third-order valence-corrected chi connectivity index (χ3v) is 6.11. The Morgan fingerprint density at radius 3 is 2.36 bits per heavy atom. The maximum atomic E-state index is 11.7. The van der Waals surface area contributed by atoms with Crippen molar-refractivity contribution in [3.05, 3.63) is 0 Å². The van der Waals surface area contributed by atoms with E-state index in [0.717, 1.165) is 0 Å². The topological polar surface area (TPSA) is 80.4 Å². The molecule has 0 saturated carbocycles. The lowest BCUT2D eigenvalue weighted by Crippen LogP contribution is -2.54. The molecule has 1 aliphatic heterocycles. The number of aliphatic hydroxyl groups excluding tert-OH is 1. The van der Waals surface area contributed by atoms with Gasteiger partial charge in [-0.2, -0.15) is 0 Å². The molecule has 1 saturated heterocycles. The molecule has 4 nitrogen and oxygen atoms in total. The fourth-order valence-corrected chi connectivity index (χ4v) is 4.23. The molecule has 1 rings (SSSR count). The number of aliphatic hydroxyl groups is 1. The summed E-state index contributed by atoms with van der Waals surface area (Å²) in [5.41, 5.74) is 5.09. The summed E-state index contributed by atoms with van der Waals surface area (Å²) in [6, 6.07) is 0. The Hall–Kier alpha value is -0.130. The van der Waals surface area contributed by atoms with E-state index in [4.69, 9.17) is 10.8 Å². The van der Waals surface area contributed by atoms with Crippen molar-refractivity contribution in [3.63, 3.8) is 0 Å². The number of hydrogen-bond donors (Lipinski definition) is 2. The molecule has 2 unspecified atom stereocenters. The van der Waals surface area contributed by atoms with Crippen LogP contribution in [-0.2, 0) is 9.84 Å². The predicted molar refractivity (Wildman–Crippen MR) is 55.7 cm³/mol. The highest BCUT2D eigenvalue weighted by Gasteiger charge is 2.53. The summed E-state index contributed by atoms with van der Waals surface area (Å²) in [6.07, 6.45) is 0.545. The average molecular weight is 221 g/mol. The van der Waals surface area contributed by atoms with Crippen LogP contribution in [0.15, 0.2) is 0 Å². The fraction of sp³-hybridized carbons (Fsp3) is 1.00. The van der Waals surface area contributed by atoms with Crippen molar-refractivity contribution in [2.75, 3.05) is 12.4 Å². The van der Waals surface area contributed by atoms with Crippen molar-refractivity contribution < 1.29 is 13.5 Å². The minimum atomic E-state index is -3.06. The van der Waals surface area contributed by atoms with E-state index in [9.17, 15) is 8.42 Å². The standard InChI is InChI=1S/C9H19NO3S/c1-8(2)7(9(3,10)6-11)4-5-14(8,12)13/h7,11H,4-6,10H2,1-3H3. The number of rotatable bonds is 2. The number of nitrogens with two attached hydrogens (primary N) is 1. The zero-order valence-electron chi connectivity index (χ0n) is 8.95. The van der Waals surface area contributed by atoms with E-state index in [1.807, 2.05) is 0 Å². The van der Waals surface area contributed by atoms with Gasteiger partial charge >= 0.3 is 0 Å². The Bertz CT molecular complexity index is 319. The Morgan fingerprint density at radius 1 is 1.57 bits per heavy atom. The minimum Gasteiger partial charge on any atom is -0.394 e. The normalized spacial score (nSPS) is 33.9. The van der Waals surface area contributed by atoms with E-state index in [2.05, 4.69) is 0 Å². The third-order valence-electron chi connectivity index (χ3n) is 3.45. The predicted octanol–water partition coefficient (Wildman–Crippen LogP) is -0.0906. The van der Waals surface area contributed by atoms with Gasteiger partial charge in [0.25, 0.3) is 0 Å². The second kappa shape index (κ2) is 3.18. The van der Waals surface area contributed by atoms with Gasteiger partial charge in [0, 0.05) is 5.54 Å². The smallest absolute Gasteiger partial charge is 0.155 e. The molecule has 0 aliphatic carbocycles. The molecule has 1 aliphatic rings. The highest BCUT2D eigenvalue weighted by molar-refractivity contribution is 7.93. The Balaban J connectivity index is 3.08. The maximum Gasteiger partial charge on any atom is 0.155 e. The molecule has 0 aromatic heterocycles. The molecule has 2 atom stereocenters. The van der Waals surface area contributed by atoms with E-state index < -0.39 is 20.1 Å². The van der Waals surface area contributed by atoms with Crippen LogP contribution in [0.3, 0.4) is 0 Å². The molecule has 3 N–H and O–H groups in total. The van der Waals surface area contributed by atoms with Crippen molar-refractivity contribution in [2.45, 2.75) is 37.5 Å². The fourth-order valence-electron chi connectivity index (χ4n) is 2.33. The van der Waals surface area contributed by atoms with E-state index in [1.54, 1.807) is 20.8 Å². The first-order valence-electron chi connectivity index (χ1n) is 4.77.